The van der Waals surface area contributed by atoms with E-state index in [9.17, 15) is 9.59 Å². The first-order valence-electron chi connectivity index (χ1n) is 11.3. The fourth-order valence-electron chi connectivity index (χ4n) is 4.40. The summed E-state index contributed by atoms with van der Waals surface area (Å²) in [5, 5.41) is 1.95. The molecule has 1 aromatic carbocycles. The van der Waals surface area contributed by atoms with E-state index in [2.05, 4.69) is 29.2 Å². The van der Waals surface area contributed by atoms with Crippen LogP contribution in [-0.2, 0) is 11.2 Å². The lowest BCUT2D eigenvalue weighted by molar-refractivity contribution is -0.130. The van der Waals surface area contributed by atoms with Crippen molar-refractivity contribution >= 4 is 34.9 Å². The van der Waals surface area contributed by atoms with Gasteiger partial charge in [-0.3, -0.25) is 14.6 Å². The molecule has 0 radical (unpaired) electrons. The average molecular weight is 480 g/mol. The number of rotatable bonds is 8. The van der Waals surface area contributed by atoms with Crippen molar-refractivity contribution in [1.82, 2.24) is 14.8 Å². The van der Waals surface area contributed by atoms with Crippen LogP contribution in [0.3, 0.4) is 0 Å². The predicted octanol–water partition coefficient (Wildman–Crippen LogP) is 4.86. The van der Waals surface area contributed by atoms with Gasteiger partial charge in [0.2, 0.25) is 5.91 Å². The molecule has 1 aliphatic heterocycles. The number of likely N-dealkylation sites (tertiary alicyclic amines) is 1. The standard InChI is InChI=1S/C26H29N3O2S2/c1-28(26(31)24-8-5-17-32-24)23(18-20-6-3-2-4-7-20)21-11-15-29(16-12-21)25(30)19-33-22-9-13-27-14-10-22/h2-10,13-14,17,21,23H,11-12,15-16,18-19H2,1H3. The Balaban J connectivity index is 1.39. The number of hydrogen-bond acceptors (Lipinski definition) is 5. The molecule has 7 heteroatoms. The third-order valence-corrected chi connectivity index (χ3v) is 8.14. The van der Waals surface area contributed by atoms with Crippen molar-refractivity contribution in [3.8, 4) is 0 Å². The topological polar surface area (TPSA) is 53.5 Å². The van der Waals surface area contributed by atoms with Crippen LogP contribution < -0.4 is 0 Å². The van der Waals surface area contributed by atoms with Crippen molar-refractivity contribution in [3.05, 3.63) is 82.8 Å². The molecule has 1 fully saturated rings. The number of hydrogen-bond donors (Lipinski definition) is 0. The highest BCUT2D eigenvalue weighted by Crippen LogP contribution is 2.28. The SMILES string of the molecule is CN(C(=O)c1cccs1)C(Cc1ccccc1)C1CCN(C(=O)CSc2ccncc2)CC1. The van der Waals surface area contributed by atoms with Crippen LogP contribution in [0.1, 0.15) is 28.1 Å². The summed E-state index contributed by atoms with van der Waals surface area (Å²) in [4.78, 5) is 35.7. The van der Waals surface area contributed by atoms with E-state index < -0.39 is 0 Å². The number of carbonyl (C=O) groups is 2. The van der Waals surface area contributed by atoms with Crippen LogP contribution in [0, 0.1) is 5.92 Å². The first-order chi connectivity index (χ1) is 16.1. The van der Waals surface area contributed by atoms with E-state index in [4.69, 9.17) is 0 Å². The molecule has 0 bridgehead atoms. The summed E-state index contributed by atoms with van der Waals surface area (Å²) in [7, 11) is 1.93. The first-order valence-corrected chi connectivity index (χ1v) is 13.1. The number of pyridine rings is 1. The zero-order chi connectivity index (χ0) is 23.0. The average Bonchev–Trinajstić information content (AvgIpc) is 3.41. The first kappa shape index (κ1) is 23.5. The van der Waals surface area contributed by atoms with Gasteiger partial charge in [0.15, 0.2) is 0 Å². The van der Waals surface area contributed by atoms with E-state index in [-0.39, 0.29) is 17.9 Å². The summed E-state index contributed by atoms with van der Waals surface area (Å²) in [6.45, 7) is 1.49. The summed E-state index contributed by atoms with van der Waals surface area (Å²) in [6, 6.07) is 18.2. The third-order valence-electron chi connectivity index (χ3n) is 6.29. The van der Waals surface area contributed by atoms with Crippen molar-refractivity contribution in [3.63, 3.8) is 0 Å². The van der Waals surface area contributed by atoms with Gasteiger partial charge in [0, 0.05) is 43.5 Å². The summed E-state index contributed by atoms with van der Waals surface area (Å²) in [5.41, 5.74) is 1.24. The molecule has 5 nitrogen and oxygen atoms in total. The Kier molecular flexibility index (Phi) is 8.18. The van der Waals surface area contributed by atoms with Gasteiger partial charge in [-0.05, 0) is 54.3 Å². The fraction of sp³-hybridized carbons (Fsp3) is 0.346. The van der Waals surface area contributed by atoms with Crippen LogP contribution in [0.5, 0.6) is 0 Å². The van der Waals surface area contributed by atoms with E-state index in [1.165, 1.54) is 16.9 Å². The van der Waals surface area contributed by atoms with Gasteiger partial charge < -0.3 is 9.80 Å². The number of amides is 2. The Bertz CT molecular complexity index is 1020. The van der Waals surface area contributed by atoms with Gasteiger partial charge in [0.1, 0.15) is 0 Å². The number of carbonyl (C=O) groups excluding carboxylic acids is 2. The molecule has 0 saturated carbocycles. The predicted molar refractivity (Wildman–Crippen MR) is 135 cm³/mol. The molecule has 3 aromatic rings. The lowest BCUT2D eigenvalue weighted by Crippen LogP contribution is -2.48. The molecule has 0 N–H and O–H groups in total. The van der Waals surface area contributed by atoms with Gasteiger partial charge in [-0.15, -0.1) is 23.1 Å². The van der Waals surface area contributed by atoms with Crippen molar-refractivity contribution in [1.29, 1.82) is 0 Å². The van der Waals surface area contributed by atoms with Crippen LogP contribution in [0.4, 0.5) is 0 Å². The minimum Gasteiger partial charge on any atom is -0.342 e. The molecule has 1 aliphatic rings. The van der Waals surface area contributed by atoms with E-state index in [1.54, 1.807) is 24.2 Å². The highest BCUT2D eigenvalue weighted by Gasteiger charge is 2.33. The van der Waals surface area contributed by atoms with Gasteiger partial charge in [-0.2, -0.15) is 0 Å². The van der Waals surface area contributed by atoms with E-state index in [0.717, 1.165) is 42.1 Å². The fourth-order valence-corrected chi connectivity index (χ4v) is 5.90. The van der Waals surface area contributed by atoms with Gasteiger partial charge in [0.25, 0.3) is 5.91 Å². The molecule has 1 unspecified atom stereocenters. The number of nitrogens with zero attached hydrogens (tertiary/aromatic N) is 3. The molecule has 0 spiro atoms. The third kappa shape index (κ3) is 6.24. The lowest BCUT2D eigenvalue weighted by atomic mass is 9.85. The van der Waals surface area contributed by atoms with Crippen molar-refractivity contribution in [2.45, 2.75) is 30.2 Å². The molecular formula is C26H29N3O2S2. The van der Waals surface area contributed by atoms with Crippen LogP contribution in [0.15, 0.2) is 77.3 Å². The van der Waals surface area contributed by atoms with Gasteiger partial charge >= 0.3 is 0 Å². The number of thiophene rings is 1. The molecule has 1 saturated heterocycles. The van der Waals surface area contributed by atoms with Crippen LogP contribution in [0.25, 0.3) is 0 Å². The van der Waals surface area contributed by atoms with Crippen molar-refractivity contribution in [2.75, 3.05) is 25.9 Å². The second kappa shape index (κ2) is 11.5. The molecular weight excluding hydrogens is 450 g/mol. The van der Waals surface area contributed by atoms with E-state index in [0.29, 0.717) is 11.7 Å². The minimum atomic E-state index is 0.0817. The van der Waals surface area contributed by atoms with Gasteiger partial charge in [0.05, 0.1) is 10.6 Å². The number of piperidine rings is 1. The number of thioether (sulfide) groups is 1. The van der Waals surface area contributed by atoms with Crippen molar-refractivity contribution < 1.29 is 9.59 Å². The quantitative estimate of drug-likeness (QED) is 0.433. The second-order valence-electron chi connectivity index (χ2n) is 8.34. The van der Waals surface area contributed by atoms with Gasteiger partial charge in [-0.1, -0.05) is 36.4 Å². The zero-order valence-electron chi connectivity index (χ0n) is 18.8. The zero-order valence-corrected chi connectivity index (χ0v) is 20.4. The molecule has 33 heavy (non-hydrogen) atoms. The van der Waals surface area contributed by atoms with Crippen LogP contribution in [0.2, 0.25) is 0 Å². The highest BCUT2D eigenvalue weighted by molar-refractivity contribution is 8.00. The molecule has 0 aliphatic carbocycles. The highest BCUT2D eigenvalue weighted by atomic mass is 32.2. The monoisotopic (exact) mass is 479 g/mol. The van der Waals surface area contributed by atoms with Gasteiger partial charge in [-0.25, -0.2) is 0 Å². The maximum absolute atomic E-state index is 13.1. The van der Waals surface area contributed by atoms with Crippen LogP contribution >= 0.6 is 23.1 Å². The van der Waals surface area contributed by atoms with E-state index in [1.807, 2.05) is 52.6 Å². The Morgan fingerprint density at radius 2 is 1.82 bits per heavy atom. The lowest BCUT2D eigenvalue weighted by Gasteiger charge is -2.40. The normalized spacial score (nSPS) is 15.2. The summed E-state index contributed by atoms with van der Waals surface area (Å²) < 4.78 is 0. The van der Waals surface area contributed by atoms with Crippen LogP contribution in [-0.4, -0.2) is 58.5 Å². The Morgan fingerprint density at radius 1 is 1.09 bits per heavy atom. The molecule has 2 amide bonds. The number of likely N-dealkylation sites (N-methyl/N-ethyl adjacent to an activating group) is 1. The summed E-state index contributed by atoms with van der Waals surface area (Å²) in [5.74, 6) is 1.06. The summed E-state index contributed by atoms with van der Waals surface area (Å²) in [6.07, 6.45) is 6.14. The number of aromatic nitrogens is 1. The Hall–Kier alpha value is -2.64. The molecule has 2 aromatic heterocycles. The molecule has 172 valence electrons. The maximum atomic E-state index is 13.1. The number of benzene rings is 1. The van der Waals surface area contributed by atoms with Crippen molar-refractivity contribution in [2.24, 2.45) is 5.92 Å². The maximum Gasteiger partial charge on any atom is 0.263 e. The van der Waals surface area contributed by atoms with E-state index >= 15 is 0 Å². The Morgan fingerprint density at radius 3 is 2.48 bits per heavy atom. The Labute approximate surface area is 203 Å². The smallest absolute Gasteiger partial charge is 0.263 e. The molecule has 1 atom stereocenters. The summed E-state index contributed by atoms with van der Waals surface area (Å²) >= 11 is 3.04. The minimum absolute atomic E-state index is 0.0817. The second-order valence-corrected chi connectivity index (χ2v) is 10.3. The molecule has 4 rings (SSSR count). The molecule has 3 heterocycles. The largest absolute Gasteiger partial charge is 0.342 e.